The molecule has 1 heterocycles. The summed E-state index contributed by atoms with van der Waals surface area (Å²) in [7, 11) is -3.25. The molecule has 2 rings (SSSR count). The van der Waals surface area contributed by atoms with Gasteiger partial charge in [0.15, 0.2) is 0 Å². The number of aryl methyl sites for hydroxylation is 1. The van der Waals surface area contributed by atoms with E-state index in [4.69, 9.17) is 0 Å². The van der Waals surface area contributed by atoms with Crippen LogP contribution in [0.5, 0.6) is 0 Å². The third-order valence-electron chi connectivity index (χ3n) is 2.92. The molecule has 22 heavy (non-hydrogen) atoms. The zero-order valence-corrected chi connectivity index (χ0v) is 14.6. The number of nitrogens with one attached hydrogen (secondary N) is 2. The first-order valence-electron chi connectivity index (χ1n) is 6.56. The normalized spacial score (nSPS) is 11.6. The third-order valence-corrected chi connectivity index (χ3v) is 4.14. The maximum absolute atomic E-state index is 12.3. The van der Waals surface area contributed by atoms with Gasteiger partial charge in [0.25, 0.3) is 5.91 Å². The van der Waals surface area contributed by atoms with E-state index in [1.807, 2.05) is 25.1 Å². The molecule has 1 aromatic carbocycles. The second-order valence-electron chi connectivity index (χ2n) is 4.90. The van der Waals surface area contributed by atoms with E-state index in [2.05, 4.69) is 31.0 Å². The summed E-state index contributed by atoms with van der Waals surface area (Å²) in [4.78, 5) is 16.7. The van der Waals surface area contributed by atoms with Gasteiger partial charge in [-0.05, 0) is 25.1 Å². The van der Waals surface area contributed by atoms with Crippen molar-refractivity contribution < 1.29 is 13.2 Å². The van der Waals surface area contributed by atoms with Crippen molar-refractivity contribution in [2.45, 2.75) is 6.92 Å². The zero-order chi connectivity index (χ0) is 16.3. The SMILES string of the molecule is Cc1cc(C(=O)NCCNS(C)(=O)=O)c2ccc(Br)cc2n1. The van der Waals surface area contributed by atoms with Crippen molar-refractivity contribution in [1.29, 1.82) is 0 Å². The van der Waals surface area contributed by atoms with Gasteiger partial charge in [-0.2, -0.15) is 0 Å². The first-order chi connectivity index (χ1) is 10.3. The molecular weight excluding hydrogens is 370 g/mol. The van der Waals surface area contributed by atoms with Crippen molar-refractivity contribution >= 4 is 42.8 Å². The maximum Gasteiger partial charge on any atom is 0.252 e. The van der Waals surface area contributed by atoms with Crippen LogP contribution in [-0.4, -0.2) is 38.7 Å². The predicted octanol–water partition coefficient (Wildman–Crippen LogP) is 1.58. The number of carbonyl (C=O) groups excluding carboxylic acids is 1. The number of halogens is 1. The lowest BCUT2D eigenvalue weighted by atomic mass is 10.1. The van der Waals surface area contributed by atoms with E-state index in [0.29, 0.717) is 5.56 Å². The van der Waals surface area contributed by atoms with Gasteiger partial charge < -0.3 is 5.32 Å². The molecule has 0 saturated carbocycles. The van der Waals surface area contributed by atoms with Crippen LogP contribution >= 0.6 is 15.9 Å². The van der Waals surface area contributed by atoms with Crippen LogP contribution in [-0.2, 0) is 10.0 Å². The van der Waals surface area contributed by atoms with Crippen molar-refractivity contribution in [3.63, 3.8) is 0 Å². The molecule has 2 aromatic rings. The highest BCUT2D eigenvalue weighted by atomic mass is 79.9. The molecule has 0 radical (unpaired) electrons. The molecule has 0 aliphatic carbocycles. The van der Waals surface area contributed by atoms with Gasteiger partial charge in [-0.1, -0.05) is 22.0 Å². The molecule has 118 valence electrons. The lowest BCUT2D eigenvalue weighted by molar-refractivity contribution is 0.0956. The summed E-state index contributed by atoms with van der Waals surface area (Å²) >= 11 is 3.38. The number of aromatic nitrogens is 1. The van der Waals surface area contributed by atoms with Crippen molar-refractivity contribution in [3.8, 4) is 0 Å². The van der Waals surface area contributed by atoms with Gasteiger partial charge in [-0.15, -0.1) is 0 Å². The molecule has 2 N–H and O–H groups in total. The number of nitrogens with zero attached hydrogens (tertiary/aromatic N) is 1. The third kappa shape index (κ3) is 4.49. The van der Waals surface area contributed by atoms with Crippen LogP contribution in [0.15, 0.2) is 28.7 Å². The molecule has 0 bridgehead atoms. The number of sulfonamides is 1. The van der Waals surface area contributed by atoms with Gasteiger partial charge in [0.1, 0.15) is 0 Å². The summed E-state index contributed by atoms with van der Waals surface area (Å²) in [6.07, 6.45) is 1.08. The van der Waals surface area contributed by atoms with Gasteiger partial charge >= 0.3 is 0 Å². The average molecular weight is 386 g/mol. The molecule has 0 saturated heterocycles. The van der Waals surface area contributed by atoms with E-state index in [1.165, 1.54) is 0 Å². The summed E-state index contributed by atoms with van der Waals surface area (Å²) in [5.74, 6) is -0.256. The molecule has 1 amide bonds. The molecule has 1 aromatic heterocycles. The Morgan fingerprint density at radius 3 is 2.68 bits per heavy atom. The van der Waals surface area contributed by atoms with E-state index in [1.54, 1.807) is 6.07 Å². The topological polar surface area (TPSA) is 88.2 Å². The Labute approximate surface area is 137 Å². The molecule has 0 fully saturated rings. The first kappa shape index (κ1) is 16.9. The minimum atomic E-state index is -3.25. The van der Waals surface area contributed by atoms with Crippen molar-refractivity contribution in [3.05, 3.63) is 40.0 Å². The Morgan fingerprint density at radius 1 is 1.27 bits per heavy atom. The van der Waals surface area contributed by atoms with Gasteiger partial charge in [-0.25, -0.2) is 13.1 Å². The van der Waals surface area contributed by atoms with E-state index in [0.717, 1.165) is 27.3 Å². The highest BCUT2D eigenvalue weighted by molar-refractivity contribution is 9.10. The van der Waals surface area contributed by atoms with E-state index < -0.39 is 10.0 Å². The van der Waals surface area contributed by atoms with Crippen LogP contribution in [0.4, 0.5) is 0 Å². The monoisotopic (exact) mass is 385 g/mol. The van der Waals surface area contributed by atoms with E-state index in [-0.39, 0.29) is 19.0 Å². The highest BCUT2D eigenvalue weighted by Gasteiger charge is 2.12. The first-order valence-corrected chi connectivity index (χ1v) is 9.24. The number of amides is 1. The summed E-state index contributed by atoms with van der Waals surface area (Å²) < 4.78 is 25.1. The number of benzene rings is 1. The minimum Gasteiger partial charge on any atom is -0.351 e. The van der Waals surface area contributed by atoms with Crippen molar-refractivity contribution in [2.24, 2.45) is 0 Å². The van der Waals surface area contributed by atoms with E-state index in [9.17, 15) is 13.2 Å². The minimum absolute atomic E-state index is 0.151. The van der Waals surface area contributed by atoms with Gasteiger partial charge in [0, 0.05) is 28.6 Å². The van der Waals surface area contributed by atoms with Crippen LogP contribution in [0.2, 0.25) is 0 Å². The lowest BCUT2D eigenvalue weighted by Gasteiger charge is -2.09. The Bertz CT molecular complexity index is 816. The van der Waals surface area contributed by atoms with Crippen LogP contribution < -0.4 is 10.0 Å². The highest BCUT2D eigenvalue weighted by Crippen LogP contribution is 2.22. The smallest absolute Gasteiger partial charge is 0.252 e. The summed E-state index contributed by atoms with van der Waals surface area (Å²) in [5.41, 5.74) is 1.99. The fourth-order valence-corrected chi connectivity index (χ4v) is 2.85. The van der Waals surface area contributed by atoms with Crippen LogP contribution in [0.25, 0.3) is 10.9 Å². The van der Waals surface area contributed by atoms with Crippen LogP contribution in [0.3, 0.4) is 0 Å². The van der Waals surface area contributed by atoms with Crippen molar-refractivity contribution in [2.75, 3.05) is 19.3 Å². The summed E-state index contributed by atoms with van der Waals surface area (Å²) in [6, 6.07) is 7.25. The zero-order valence-electron chi connectivity index (χ0n) is 12.2. The van der Waals surface area contributed by atoms with Crippen LogP contribution in [0, 0.1) is 6.92 Å². The summed E-state index contributed by atoms with van der Waals surface area (Å²) in [5, 5.41) is 3.45. The number of rotatable bonds is 5. The fraction of sp³-hybridized carbons (Fsp3) is 0.286. The molecule has 0 aliphatic heterocycles. The van der Waals surface area contributed by atoms with E-state index >= 15 is 0 Å². The molecule has 6 nitrogen and oxygen atoms in total. The molecule has 0 spiro atoms. The Balaban J connectivity index is 2.17. The van der Waals surface area contributed by atoms with Crippen LogP contribution in [0.1, 0.15) is 16.1 Å². The van der Waals surface area contributed by atoms with Gasteiger partial charge in [0.05, 0.1) is 17.3 Å². The summed E-state index contributed by atoms with van der Waals surface area (Å²) in [6.45, 7) is 2.19. The maximum atomic E-state index is 12.3. The average Bonchev–Trinajstić information content (AvgIpc) is 2.40. The molecule has 0 unspecified atom stereocenters. The lowest BCUT2D eigenvalue weighted by Crippen LogP contribution is -2.34. The predicted molar refractivity (Wildman–Crippen MR) is 89.4 cm³/mol. The second-order valence-corrected chi connectivity index (χ2v) is 7.64. The fourth-order valence-electron chi connectivity index (χ4n) is 2.03. The second kappa shape index (κ2) is 6.72. The Hall–Kier alpha value is -1.51. The standard InChI is InChI=1S/C14H16BrN3O3S/c1-9-7-12(11-4-3-10(15)8-13(11)18-9)14(19)16-5-6-17-22(2,20)21/h3-4,7-8,17H,5-6H2,1-2H3,(H,16,19). The molecular formula is C14H16BrN3O3S. The Kier molecular flexibility index (Phi) is 5.15. The largest absolute Gasteiger partial charge is 0.351 e. The van der Waals surface area contributed by atoms with Crippen molar-refractivity contribution in [1.82, 2.24) is 15.0 Å². The Morgan fingerprint density at radius 2 is 2.00 bits per heavy atom. The number of hydrogen-bond donors (Lipinski definition) is 2. The number of fused-ring (bicyclic) bond motifs is 1. The number of carbonyl (C=O) groups is 1. The number of pyridine rings is 1. The molecule has 8 heteroatoms. The van der Waals surface area contributed by atoms with Gasteiger partial charge in [-0.3, -0.25) is 9.78 Å². The molecule has 0 aliphatic rings. The van der Waals surface area contributed by atoms with Gasteiger partial charge in [0.2, 0.25) is 10.0 Å². The molecule has 0 atom stereocenters. The number of hydrogen-bond acceptors (Lipinski definition) is 4. The quantitative estimate of drug-likeness (QED) is 0.764.